The van der Waals surface area contributed by atoms with E-state index in [0.29, 0.717) is 6.04 Å². The number of furan rings is 1. The molecule has 0 fully saturated rings. The summed E-state index contributed by atoms with van der Waals surface area (Å²) >= 11 is 0. The minimum absolute atomic E-state index is 0.307. The fraction of sp³-hybridized carbons (Fsp3) is 0.412. The second-order valence-electron chi connectivity index (χ2n) is 5.33. The van der Waals surface area contributed by atoms with Crippen LogP contribution in [0.25, 0.3) is 0 Å². The summed E-state index contributed by atoms with van der Waals surface area (Å²) in [5, 5.41) is 3.59. The quantitative estimate of drug-likeness (QED) is 0.839. The van der Waals surface area contributed by atoms with Gasteiger partial charge in [0.25, 0.3) is 0 Å². The molecule has 2 aromatic rings. The van der Waals surface area contributed by atoms with Crippen LogP contribution in [0, 0.1) is 0 Å². The van der Waals surface area contributed by atoms with Crippen LogP contribution in [0.15, 0.2) is 46.9 Å². The van der Waals surface area contributed by atoms with Crippen LogP contribution in [-0.2, 0) is 13.0 Å². The maximum absolute atomic E-state index is 5.75. The van der Waals surface area contributed by atoms with Crippen molar-refractivity contribution in [3.63, 3.8) is 0 Å². The van der Waals surface area contributed by atoms with Crippen LogP contribution in [0.3, 0.4) is 0 Å². The molecule has 1 aromatic heterocycles. The van der Waals surface area contributed by atoms with Crippen LogP contribution < -0.4 is 5.32 Å². The van der Waals surface area contributed by atoms with Crippen molar-refractivity contribution >= 4 is 0 Å². The third-order valence-electron chi connectivity index (χ3n) is 3.34. The molecule has 1 atom stereocenters. The zero-order chi connectivity index (χ0) is 14.4. The Balaban J connectivity index is 2.01. The van der Waals surface area contributed by atoms with Crippen molar-refractivity contribution in [1.82, 2.24) is 10.2 Å². The van der Waals surface area contributed by atoms with Crippen molar-refractivity contribution in [3.05, 3.63) is 59.5 Å². The highest BCUT2D eigenvalue weighted by molar-refractivity contribution is 5.19. The Hall–Kier alpha value is -1.58. The molecule has 1 heterocycles. The molecule has 0 saturated carbocycles. The van der Waals surface area contributed by atoms with Gasteiger partial charge in [-0.2, -0.15) is 0 Å². The molecule has 2 rings (SSSR count). The molecule has 0 aliphatic carbocycles. The highest BCUT2D eigenvalue weighted by Crippen LogP contribution is 2.15. The van der Waals surface area contributed by atoms with Gasteiger partial charge >= 0.3 is 0 Å². The van der Waals surface area contributed by atoms with Gasteiger partial charge < -0.3 is 14.6 Å². The number of nitrogens with one attached hydrogen (secondary N) is 1. The standard InChI is InChI=1S/C17H24N2O/c1-4-15-10-11-16(20-15)12-18-17(13-19(2)3)14-8-6-5-7-9-14/h5-11,17-18H,4,12-13H2,1-3H3. The lowest BCUT2D eigenvalue weighted by Crippen LogP contribution is -2.30. The summed E-state index contributed by atoms with van der Waals surface area (Å²) in [5.41, 5.74) is 1.31. The minimum Gasteiger partial charge on any atom is -0.465 e. The van der Waals surface area contributed by atoms with Gasteiger partial charge in [0.2, 0.25) is 0 Å². The summed E-state index contributed by atoms with van der Waals surface area (Å²) in [6, 6.07) is 15.0. The number of likely N-dealkylation sites (N-methyl/N-ethyl adjacent to an activating group) is 1. The van der Waals surface area contributed by atoms with E-state index >= 15 is 0 Å². The number of rotatable bonds is 7. The van der Waals surface area contributed by atoms with Crippen LogP contribution in [0.5, 0.6) is 0 Å². The zero-order valence-electron chi connectivity index (χ0n) is 12.6. The second kappa shape index (κ2) is 7.27. The number of nitrogens with zero attached hydrogens (tertiary/aromatic N) is 1. The van der Waals surface area contributed by atoms with E-state index in [-0.39, 0.29) is 0 Å². The normalized spacial score (nSPS) is 12.8. The Morgan fingerprint density at radius 2 is 1.75 bits per heavy atom. The highest BCUT2D eigenvalue weighted by atomic mass is 16.3. The van der Waals surface area contributed by atoms with Crippen LogP contribution in [-0.4, -0.2) is 25.5 Å². The molecule has 0 radical (unpaired) electrons. The summed E-state index contributed by atoms with van der Waals surface area (Å²) in [4.78, 5) is 2.20. The Morgan fingerprint density at radius 1 is 1.05 bits per heavy atom. The highest BCUT2D eigenvalue weighted by Gasteiger charge is 2.12. The first-order valence-corrected chi connectivity index (χ1v) is 7.19. The molecule has 3 nitrogen and oxygen atoms in total. The van der Waals surface area contributed by atoms with Crippen LogP contribution in [0.1, 0.15) is 30.0 Å². The third kappa shape index (κ3) is 4.22. The Kier molecular flexibility index (Phi) is 5.39. The van der Waals surface area contributed by atoms with E-state index in [1.807, 2.05) is 0 Å². The fourth-order valence-corrected chi connectivity index (χ4v) is 2.27. The third-order valence-corrected chi connectivity index (χ3v) is 3.34. The van der Waals surface area contributed by atoms with E-state index in [1.54, 1.807) is 0 Å². The minimum atomic E-state index is 0.307. The van der Waals surface area contributed by atoms with Crippen molar-refractivity contribution in [1.29, 1.82) is 0 Å². The number of hydrogen-bond acceptors (Lipinski definition) is 3. The van der Waals surface area contributed by atoms with Crippen LogP contribution >= 0.6 is 0 Å². The second-order valence-corrected chi connectivity index (χ2v) is 5.33. The molecule has 0 bridgehead atoms. The fourth-order valence-electron chi connectivity index (χ4n) is 2.27. The number of aryl methyl sites for hydroxylation is 1. The molecule has 1 aromatic carbocycles. The topological polar surface area (TPSA) is 28.4 Å². The van der Waals surface area contributed by atoms with E-state index in [2.05, 4.69) is 73.7 Å². The van der Waals surface area contributed by atoms with Gasteiger partial charge in [0.1, 0.15) is 11.5 Å². The van der Waals surface area contributed by atoms with Gasteiger partial charge in [-0.05, 0) is 31.8 Å². The smallest absolute Gasteiger partial charge is 0.117 e. The van der Waals surface area contributed by atoms with Gasteiger partial charge in [0.05, 0.1) is 6.54 Å². The summed E-state index contributed by atoms with van der Waals surface area (Å²) in [6.45, 7) is 3.83. The van der Waals surface area contributed by atoms with E-state index in [4.69, 9.17) is 4.42 Å². The maximum Gasteiger partial charge on any atom is 0.117 e. The molecule has 0 amide bonds. The summed E-state index contributed by atoms with van der Waals surface area (Å²) < 4.78 is 5.75. The van der Waals surface area contributed by atoms with Crippen molar-refractivity contribution in [2.75, 3.05) is 20.6 Å². The Bertz CT molecular complexity index is 505. The van der Waals surface area contributed by atoms with Crippen molar-refractivity contribution in [2.45, 2.75) is 25.9 Å². The molecule has 0 aliphatic heterocycles. The molecular formula is C17H24N2O. The average molecular weight is 272 g/mol. The van der Waals surface area contributed by atoms with Crippen molar-refractivity contribution in [3.8, 4) is 0 Å². The maximum atomic E-state index is 5.75. The first-order valence-electron chi connectivity index (χ1n) is 7.19. The van der Waals surface area contributed by atoms with Crippen molar-refractivity contribution in [2.24, 2.45) is 0 Å². The predicted octanol–water partition coefficient (Wildman–Crippen LogP) is 3.23. The van der Waals surface area contributed by atoms with E-state index in [1.165, 1.54) is 5.56 Å². The molecule has 0 saturated heterocycles. The van der Waals surface area contributed by atoms with E-state index in [9.17, 15) is 0 Å². The molecule has 1 unspecified atom stereocenters. The summed E-state index contributed by atoms with van der Waals surface area (Å²) in [7, 11) is 4.19. The first-order chi connectivity index (χ1) is 9.69. The first kappa shape index (κ1) is 14.8. The molecule has 0 aliphatic rings. The van der Waals surface area contributed by atoms with Crippen LogP contribution in [0.4, 0.5) is 0 Å². The molecule has 0 spiro atoms. The molecule has 20 heavy (non-hydrogen) atoms. The van der Waals surface area contributed by atoms with Crippen molar-refractivity contribution < 1.29 is 4.42 Å². The summed E-state index contributed by atoms with van der Waals surface area (Å²) in [5.74, 6) is 2.05. The van der Waals surface area contributed by atoms with E-state index < -0.39 is 0 Å². The lowest BCUT2D eigenvalue weighted by Gasteiger charge is -2.22. The predicted molar refractivity (Wildman–Crippen MR) is 82.7 cm³/mol. The van der Waals surface area contributed by atoms with Gasteiger partial charge in [-0.15, -0.1) is 0 Å². The molecule has 3 heteroatoms. The zero-order valence-corrected chi connectivity index (χ0v) is 12.6. The largest absolute Gasteiger partial charge is 0.465 e. The number of hydrogen-bond donors (Lipinski definition) is 1. The van der Waals surface area contributed by atoms with Gasteiger partial charge in [-0.25, -0.2) is 0 Å². The molecular weight excluding hydrogens is 248 g/mol. The lowest BCUT2D eigenvalue weighted by atomic mass is 10.1. The monoisotopic (exact) mass is 272 g/mol. The Morgan fingerprint density at radius 3 is 2.35 bits per heavy atom. The SMILES string of the molecule is CCc1ccc(CNC(CN(C)C)c2ccccc2)o1. The Labute approximate surface area is 121 Å². The molecule has 108 valence electrons. The van der Waals surface area contributed by atoms with Gasteiger partial charge in [0.15, 0.2) is 0 Å². The molecule has 1 N–H and O–H groups in total. The average Bonchev–Trinajstić information content (AvgIpc) is 2.92. The van der Waals surface area contributed by atoms with E-state index in [0.717, 1.165) is 31.0 Å². The lowest BCUT2D eigenvalue weighted by molar-refractivity contribution is 0.331. The van der Waals surface area contributed by atoms with Gasteiger partial charge in [-0.1, -0.05) is 37.3 Å². The van der Waals surface area contributed by atoms with Crippen LogP contribution in [0.2, 0.25) is 0 Å². The van der Waals surface area contributed by atoms with Gasteiger partial charge in [-0.3, -0.25) is 0 Å². The number of benzene rings is 1. The summed E-state index contributed by atoms with van der Waals surface area (Å²) in [6.07, 6.45) is 0.944. The van der Waals surface area contributed by atoms with Gasteiger partial charge in [0, 0.05) is 19.0 Å².